The van der Waals surface area contributed by atoms with Gasteiger partial charge in [0.25, 0.3) is 0 Å². The smallest absolute Gasteiger partial charge is 0.135 e. The second kappa shape index (κ2) is 10.3. The van der Waals surface area contributed by atoms with E-state index in [4.69, 9.17) is 4.42 Å². The van der Waals surface area contributed by atoms with Crippen LogP contribution in [0.1, 0.15) is 0 Å². The van der Waals surface area contributed by atoms with Crippen LogP contribution in [0.4, 0.5) is 0 Å². The molecule has 0 fully saturated rings. The second-order valence-electron chi connectivity index (χ2n) is 13.8. The van der Waals surface area contributed by atoms with Crippen molar-refractivity contribution in [2.45, 2.75) is 0 Å². The lowest BCUT2D eigenvalue weighted by Crippen LogP contribution is -1.93. The molecule has 4 heterocycles. The summed E-state index contributed by atoms with van der Waals surface area (Å²) in [4.78, 5) is 3.68. The first-order chi connectivity index (χ1) is 25.8. The molecule has 0 unspecified atom stereocenters. The van der Waals surface area contributed by atoms with E-state index in [0.717, 1.165) is 44.3 Å². The van der Waals surface area contributed by atoms with Gasteiger partial charge >= 0.3 is 0 Å². The molecule has 0 saturated carbocycles. The largest absolute Gasteiger partial charge is 0.456 e. The maximum absolute atomic E-state index is 6.16. The number of furan rings is 1. The fourth-order valence-electron chi connectivity index (χ4n) is 8.69. The molecule has 0 spiro atoms. The summed E-state index contributed by atoms with van der Waals surface area (Å²) in [6.07, 6.45) is 0. The molecule has 12 rings (SSSR count). The summed E-state index contributed by atoms with van der Waals surface area (Å²) in [5.74, 6) is 0. The number of aromatic nitrogens is 3. The van der Waals surface area contributed by atoms with Crippen molar-refractivity contribution in [3.05, 3.63) is 170 Å². The number of hydrogen-bond donors (Lipinski definition) is 1. The minimum absolute atomic E-state index is 0.905. The van der Waals surface area contributed by atoms with Crippen LogP contribution in [0.5, 0.6) is 0 Å². The predicted molar refractivity (Wildman–Crippen MR) is 217 cm³/mol. The number of nitrogens with zero attached hydrogens (tertiary/aromatic N) is 2. The van der Waals surface area contributed by atoms with Gasteiger partial charge in [0.2, 0.25) is 0 Å². The Bertz CT molecular complexity index is 3370. The third-order valence-corrected chi connectivity index (χ3v) is 11.0. The van der Waals surface area contributed by atoms with Crippen molar-refractivity contribution >= 4 is 87.4 Å². The molecular weight excluding hydrogens is 635 g/mol. The highest BCUT2D eigenvalue weighted by Crippen LogP contribution is 2.39. The van der Waals surface area contributed by atoms with Crippen LogP contribution in [0.15, 0.2) is 174 Å². The molecule has 4 nitrogen and oxygen atoms in total. The van der Waals surface area contributed by atoms with Crippen molar-refractivity contribution in [1.82, 2.24) is 14.1 Å². The van der Waals surface area contributed by atoms with Gasteiger partial charge in [-0.15, -0.1) is 0 Å². The monoisotopic (exact) mass is 663 g/mol. The number of nitrogens with one attached hydrogen (secondary N) is 1. The zero-order valence-electron chi connectivity index (χ0n) is 28.0. The van der Waals surface area contributed by atoms with Crippen LogP contribution >= 0.6 is 0 Å². The van der Waals surface area contributed by atoms with E-state index in [1.807, 2.05) is 12.1 Å². The normalized spacial score (nSPS) is 12.2. The van der Waals surface area contributed by atoms with Crippen LogP contribution in [-0.2, 0) is 0 Å². The van der Waals surface area contributed by atoms with Crippen LogP contribution in [0.25, 0.3) is 110 Å². The molecule has 0 aliphatic rings. The Morgan fingerprint density at radius 3 is 1.48 bits per heavy atom. The molecule has 242 valence electrons. The molecule has 0 amide bonds. The quantitative estimate of drug-likeness (QED) is 0.201. The summed E-state index contributed by atoms with van der Waals surface area (Å²) in [5.41, 5.74) is 13.6. The molecule has 0 aliphatic carbocycles. The zero-order valence-corrected chi connectivity index (χ0v) is 28.0. The van der Waals surface area contributed by atoms with Gasteiger partial charge in [-0.3, -0.25) is 0 Å². The highest BCUT2D eigenvalue weighted by molar-refractivity contribution is 6.14. The van der Waals surface area contributed by atoms with Crippen molar-refractivity contribution in [3.8, 4) is 22.5 Å². The van der Waals surface area contributed by atoms with E-state index in [-0.39, 0.29) is 0 Å². The van der Waals surface area contributed by atoms with Crippen molar-refractivity contribution < 1.29 is 4.42 Å². The third-order valence-electron chi connectivity index (χ3n) is 11.0. The van der Waals surface area contributed by atoms with E-state index in [1.54, 1.807) is 0 Å². The van der Waals surface area contributed by atoms with Crippen LogP contribution in [0, 0.1) is 0 Å². The standard InChI is InChI=1S/C48H29N3O/c1-5-13-43-33(9-1)34-10-2-6-14-44(34)50(43)31-19-22-42-38(27-31)37-25-29(17-21-41(37)49-42)30-18-23-46-39(26-30)35-11-3-7-15-45(35)51(46)32-20-24-48-40(28-32)36-12-4-8-16-47(36)52-48/h1-28,49H. The highest BCUT2D eigenvalue weighted by atomic mass is 16.3. The first-order valence-corrected chi connectivity index (χ1v) is 17.8. The van der Waals surface area contributed by atoms with Gasteiger partial charge in [0.05, 0.1) is 22.1 Å². The number of aromatic amines is 1. The average Bonchev–Trinajstić information content (AvgIpc) is 3.94. The fourth-order valence-corrected chi connectivity index (χ4v) is 8.69. The number of hydrogen-bond acceptors (Lipinski definition) is 1. The first kappa shape index (κ1) is 27.7. The van der Waals surface area contributed by atoms with Crippen LogP contribution in [0.2, 0.25) is 0 Å². The number of benzene rings is 8. The summed E-state index contributed by atoms with van der Waals surface area (Å²) >= 11 is 0. The highest BCUT2D eigenvalue weighted by Gasteiger charge is 2.17. The Balaban J connectivity index is 1.02. The molecule has 8 aromatic carbocycles. The van der Waals surface area contributed by atoms with Gasteiger partial charge in [0.1, 0.15) is 11.2 Å². The lowest BCUT2D eigenvalue weighted by atomic mass is 10.0. The van der Waals surface area contributed by atoms with Crippen LogP contribution in [0.3, 0.4) is 0 Å². The van der Waals surface area contributed by atoms with E-state index in [2.05, 4.69) is 172 Å². The van der Waals surface area contributed by atoms with E-state index in [0.29, 0.717) is 0 Å². The van der Waals surface area contributed by atoms with Gasteiger partial charge in [-0.05, 0) is 96.1 Å². The lowest BCUT2D eigenvalue weighted by Gasteiger charge is -2.09. The van der Waals surface area contributed by atoms with Gasteiger partial charge in [0.15, 0.2) is 0 Å². The van der Waals surface area contributed by atoms with Crippen molar-refractivity contribution in [1.29, 1.82) is 0 Å². The minimum atomic E-state index is 0.905. The first-order valence-electron chi connectivity index (χ1n) is 17.8. The summed E-state index contributed by atoms with van der Waals surface area (Å²) in [6, 6.07) is 61.4. The third kappa shape index (κ3) is 3.81. The Labute approximate surface area is 297 Å². The zero-order chi connectivity index (χ0) is 33.9. The summed E-state index contributed by atoms with van der Waals surface area (Å²) < 4.78 is 10.9. The molecule has 0 saturated heterocycles. The number of para-hydroxylation sites is 4. The molecule has 52 heavy (non-hydrogen) atoms. The maximum atomic E-state index is 6.16. The Morgan fingerprint density at radius 2 is 0.788 bits per heavy atom. The van der Waals surface area contributed by atoms with Gasteiger partial charge in [-0.25, -0.2) is 0 Å². The van der Waals surface area contributed by atoms with E-state index >= 15 is 0 Å². The molecule has 4 heteroatoms. The van der Waals surface area contributed by atoms with Gasteiger partial charge in [-0.2, -0.15) is 0 Å². The molecule has 1 N–H and O–H groups in total. The molecule has 0 bridgehead atoms. The van der Waals surface area contributed by atoms with Crippen molar-refractivity contribution in [2.24, 2.45) is 0 Å². The number of rotatable bonds is 3. The molecule has 0 radical (unpaired) electrons. The Kier molecular flexibility index (Phi) is 5.47. The molecule has 4 aromatic heterocycles. The SMILES string of the molecule is c1ccc2c(c1)oc1ccc(-n3c4ccccc4c4cc(-c5ccc6[nH]c7ccc(-n8c9ccccc9c9ccccc98)cc7c6c5)ccc43)cc12. The maximum Gasteiger partial charge on any atom is 0.135 e. The van der Waals surface area contributed by atoms with E-state index in [1.165, 1.54) is 65.5 Å². The molecule has 12 aromatic rings. The summed E-state index contributed by atoms with van der Waals surface area (Å²) in [7, 11) is 0. The van der Waals surface area contributed by atoms with Crippen LogP contribution < -0.4 is 0 Å². The molecule has 0 atom stereocenters. The predicted octanol–water partition coefficient (Wildman–Crippen LogP) is 13.1. The molecule has 0 aliphatic heterocycles. The van der Waals surface area contributed by atoms with Crippen LogP contribution in [-0.4, -0.2) is 14.1 Å². The van der Waals surface area contributed by atoms with Gasteiger partial charge in [-0.1, -0.05) is 84.9 Å². The fraction of sp³-hybridized carbons (Fsp3) is 0. The lowest BCUT2D eigenvalue weighted by molar-refractivity contribution is 0.669. The number of H-pyrrole nitrogens is 1. The average molecular weight is 664 g/mol. The van der Waals surface area contributed by atoms with Gasteiger partial charge in [0, 0.05) is 65.5 Å². The topological polar surface area (TPSA) is 38.8 Å². The Hall–Kier alpha value is -7.04. The van der Waals surface area contributed by atoms with E-state index in [9.17, 15) is 0 Å². The van der Waals surface area contributed by atoms with E-state index < -0.39 is 0 Å². The summed E-state index contributed by atoms with van der Waals surface area (Å²) in [5, 5.41) is 9.72. The number of fused-ring (bicyclic) bond motifs is 12. The summed E-state index contributed by atoms with van der Waals surface area (Å²) in [6.45, 7) is 0. The minimum Gasteiger partial charge on any atom is -0.456 e. The van der Waals surface area contributed by atoms with Crippen molar-refractivity contribution in [3.63, 3.8) is 0 Å². The Morgan fingerprint density at radius 1 is 0.327 bits per heavy atom. The second-order valence-corrected chi connectivity index (χ2v) is 13.8. The van der Waals surface area contributed by atoms with Gasteiger partial charge < -0.3 is 18.5 Å². The molecular formula is C48H29N3O. The van der Waals surface area contributed by atoms with Crippen molar-refractivity contribution in [2.75, 3.05) is 0 Å².